The molecule has 0 saturated carbocycles. The Morgan fingerprint density at radius 2 is 2.22 bits per heavy atom. The van der Waals surface area contributed by atoms with Crippen LogP contribution in [-0.4, -0.2) is 45.7 Å². The lowest BCUT2D eigenvalue weighted by atomic mass is 10.5. The zero-order valence-corrected chi connectivity index (χ0v) is 14.2. The van der Waals surface area contributed by atoms with Crippen molar-refractivity contribution < 1.29 is 8.42 Å². The van der Waals surface area contributed by atoms with Gasteiger partial charge >= 0.3 is 0 Å². The van der Waals surface area contributed by atoms with Crippen LogP contribution in [-0.2, 0) is 16.4 Å². The van der Waals surface area contributed by atoms with E-state index in [1.807, 2.05) is 18.0 Å². The van der Waals surface area contributed by atoms with Crippen LogP contribution in [0.1, 0.15) is 4.88 Å². The van der Waals surface area contributed by atoms with E-state index in [-0.39, 0.29) is 24.0 Å². The molecule has 1 aromatic rings. The number of rotatable bonds is 3. The molecular formula is C10H16IN3O2S2. The summed E-state index contributed by atoms with van der Waals surface area (Å²) in [7, 11) is -1.10. The molecule has 1 aliphatic heterocycles. The summed E-state index contributed by atoms with van der Waals surface area (Å²) in [6, 6.07) is 3.49. The van der Waals surface area contributed by atoms with Crippen molar-refractivity contribution in [2.45, 2.75) is 10.8 Å². The van der Waals surface area contributed by atoms with E-state index in [2.05, 4.69) is 10.3 Å². The van der Waals surface area contributed by atoms with Crippen LogP contribution in [0.25, 0.3) is 0 Å². The highest BCUT2D eigenvalue weighted by Gasteiger charge is 2.13. The summed E-state index contributed by atoms with van der Waals surface area (Å²) in [5, 5.41) is 3.20. The van der Waals surface area contributed by atoms with Crippen LogP contribution in [0.3, 0.4) is 0 Å². The monoisotopic (exact) mass is 401 g/mol. The van der Waals surface area contributed by atoms with Gasteiger partial charge < -0.3 is 10.2 Å². The second-order valence-corrected chi connectivity index (χ2v) is 7.38. The van der Waals surface area contributed by atoms with Crippen molar-refractivity contribution in [2.24, 2.45) is 4.99 Å². The molecule has 1 aliphatic rings. The third kappa shape index (κ3) is 3.82. The molecule has 0 amide bonds. The summed E-state index contributed by atoms with van der Waals surface area (Å²) >= 11 is 1.30. The Bertz CT molecular complexity index is 539. The molecule has 0 radical (unpaired) electrons. The van der Waals surface area contributed by atoms with Crippen molar-refractivity contribution in [2.75, 3.05) is 26.4 Å². The van der Waals surface area contributed by atoms with Crippen LogP contribution in [0.5, 0.6) is 0 Å². The first-order valence-corrected chi connectivity index (χ1v) is 7.96. The predicted molar refractivity (Wildman–Crippen MR) is 84.6 cm³/mol. The highest BCUT2D eigenvalue weighted by Crippen LogP contribution is 2.21. The Hall–Kier alpha value is -0.350. The third-order valence-corrected chi connectivity index (χ3v) is 5.39. The lowest BCUT2D eigenvalue weighted by Crippen LogP contribution is -2.34. The number of guanidine groups is 1. The second kappa shape index (κ2) is 6.20. The van der Waals surface area contributed by atoms with Gasteiger partial charge in [-0.05, 0) is 12.1 Å². The fraction of sp³-hybridized carbons (Fsp3) is 0.500. The van der Waals surface area contributed by atoms with Crippen molar-refractivity contribution >= 4 is 51.1 Å². The first-order valence-electron chi connectivity index (χ1n) is 5.25. The lowest BCUT2D eigenvalue weighted by Gasteiger charge is -2.14. The van der Waals surface area contributed by atoms with Crippen molar-refractivity contribution in [3.63, 3.8) is 0 Å². The van der Waals surface area contributed by atoms with Gasteiger partial charge in [0.1, 0.15) is 4.21 Å². The number of nitrogens with one attached hydrogen (secondary N) is 1. The maximum absolute atomic E-state index is 11.3. The molecule has 0 spiro atoms. The summed E-state index contributed by atoms with van der Waals surface area (Å²) in [4.78, 5) is 7.35. The van der Waals surface area contributed by atoms with Crippen molar-refractivity contribution in [1.29, 1.82) is 0 Å². The molecule has 0 fully saturated rings. The minimum absolute atomic E-state index is 0. The maximum Gasteiger partial charge on any atom is 0.194 e. The van der Waals surface area contributed by atoms with E-state index in [1.165, 1.54) is 17.6 Å². The molecular weight excluding hydrogens is 385 g/mol. The molecule has 2 heterocycles. The standard InChI is InChI=1S/C10H15N3O2S2.HI/c1-13-6-5-11-10(13)12-7-8-3-4-9(16-8)17(2,14)15;/h3-4H,5-7H2,1-2H3,(H,11,12);1H. The molecule has 0 atom stereocenters. The Kier molecular flexibility index (Phi) is 5.41. The number of nitrogens with zero attached hydrogens (tertiary/aromatic N) is 2. The van der Waals surface area contributed by atoms with Crippen molar-refractivity contribution in [1.82, 2.24) is 10.2 Å². The minimum Gasteiger partial charge on any atom is -0.351 e. The van der Waals surface area contributed by atoms with Gasteiger partial charge in [0.15, 0.2) is 15.8 Å². The molecule has 0 unspecified atom stereocenters. The average molecular weight is 401 g/mol. The third-order valence-electron chi connectivity index (χ3n) is 2.48. The number of aliphatic imine (C=N–C) groups is 1. The van der Waals surface area contributed by atoms with E-state index >= 15 is 0 Å². The number of likely N-dealkylation sites (N-methyl/N-ethyl adjacent to an activating group) is 1. The van der Waals surface area contributed by atoms with E-state index in [9.17, 15) is 8.42 Å². The topological polar surface area (TPSA) is 61.8 Å². The van der Waals surface area contributed by atoms with Crippen molar-refractivity contribution in [3.8, 4) is 0 Å². The quantitative estimate of drug-likeness (QED) is 0.773. The van der Waals surface area contributed by atoms with E-state index in [0.717, 1.165) is 23.9 Å². The molecule has 5 nitrogen and oxygen atoms in total. The Morgan fingerprint density at radius 1 is 1.50 bits per heavy atom. The number of halogens is 1. The molecule has 0 aromatic carbocycles. The molecule has 0 bridgehead atoms. The summed E-state index contributed by atoms with van der Waals surface area (Å²) in [6.45, 7) is 2.36. The molecule has 1 aromatic heterocycles. The molecule has 102 valence electrons. The normalized spacial score (nSPS) is 15.2. The number of hydrogen-bond acceptors (Lipinski definition) is 6. The van der Waals surface area contributed by atoms with E-state index < -0.39 is 9.84 Å². The molecule has 2 rings (SSSR count). The number of thiophene rings is 1. The average Bonchev–Trinajstić information content (AvgIpc) is 2.82. The fourth-order valence-electron chi connectivity index (χ4n) is 1.54. The van der Waals surface area contributed by atoms with Crippen LogP contribution in [0.15, 0.2) is 21.3 Å². The van der Waals surface area contributed by atoms with Gasteiger partial charge in [0.05, 0.1) is 13.1 Å². The van der Waals surface area contributed by atoms with Crippen LogP contribution in [0, 0.1) is 0 Å². The SMILES string of the molecule is CN1CCN=C1NCc1ccc(S(C)(=O)=O)s1.I. The fourth-order valence-corrected chi connectivity index (χ4v) is 3.46. The van der Waals surface area contributed by atoms with Crippen LogP contribution < -0.4 is 5.32 Å². The lowest BCUT2D eigenvalue weighted by molar-refractivity contribution is 0.534. The Morgan fingerprint density at radius 3 is 2.72 bits per heavy atom. The predicted octanol–water partition coefficient (Wildman–Crippen LogP) is 1.16. The zero-order valence-electron chi connectivity index (χ0n) is 10.2. The molecule has 0 aliphatic carbocycles. The van der Waals surface area contributed by atoms with Crippen LogP contribution in [0.4, 0.5) is 0 Å². The van der Waals surface area contributed by atoms with E-state index in [0.29, 0.717) is 10.8 Å². The van der Waals surface area contributed by atoms with Crippen molar-refractivity contribution in [3.05, 3.63) is 17.0 Å². The van der Waals surface area contributed by atoms with Gasteiger partial charge in [-0.15, -0.1) is 35.3 Å². The Balaban J connectivity index is 0.00000162. The molecule has 8 heteroatoms. The zero-order chi connectivity index (χ0) is 12.5. The number of sulfone groups is 1. The van der Waals surface area contributed by atoms with E-state index in [4.69, 9.17) is 0 Å². The minimum atomic E-state index is -3.08. The van der Waals surface area contributed by atoms with Gasteiger partial charge in [0.25, 0.3) is 0 Å². The summed E-state index contributed by atoms with van der Waals surface area (Å²) in [5.41, 5.74) is 0. The van der Waals surface area contributed by atoms with Gasteiger partial charge in [-0.1, -0.05) is 0 Å². The van der Waals surface area contributed by atoms with Crippen LogP contribution in [0.2, 0.25) is 0 Å². The molecule has 1 N–H and O–H groups in total. The number of hydrogen-bond donors (Lipinski definition) is 1. The largest absolute Gasteiger partial charge is 0.351 e. The highest BCUT2D eigenvalue weighted by atomic mass is 127. The highest BCUT2D eigenvalue weighted by molar-refractivity contribution is 14.0. The van der Waals surface area contributed by atoms with Gasteiger partial charge in [0, 0.05) is 24.7 Å². The first kappa shape index (κ1) is 15.7. The first-order chi connectivity index (χ1) is 7.97. The summed E-state index contributed by atoms with van der Waals surface area (Å²) in [6.07, 6.45) is 1.23. The van der Waals surface area contributed by atoms with Gasteiger partial charge in [-0.25, -0.2) is 8.42 Å². The molecule has 18 heavy (non-hydrogen) atoms. The second-order valence-electron chi connectivity index (χ2n) is 3.97. The summed E-state index contributed by atoms with van der Waals surface area (Å²) in [5.74, 6) is 0.874. The smallest absolute Gasteiger partial charge is 0.194 e. The van der Waals surface area contributed by atoms with Gasteiger partial charge in [0.2, 0.25) is 0 Å². The van der Waals surface area contributed by atoms with Gasteiger partial charge in [-0.3, -0.25) is 4.99 Å². The van der Waals surface area contributed by atoms with E-state index in [1.54, 1.807) is 6.07 Å². The van der Waals surface area contributed by atoms with Crippen LogP contribution >= 0.6 is 35.3 Å². The maximum atomic E-state index is 11.3. The molecule has 0 saturated heterocycles. The Labute approximate surface area is 128 Å². The summed E-state index contributed by atoms with van der Waals surface area (Å²) < 4.78 is 23.0. The van der Waals surface area contributed by atoms with Gasteiger partial charge in [-0.2, -0.15) is 0 Å².